The average molecular weight is 339 g/mol. The van der Waals surface area contributed by atoms with Gasteiger partial charge in [0.2, 0.25) is 5.88 Å². The van der Waals surface area contributed by atoms with E-state index in [1.54, 1.807) is 0 Å². The molecule has 1 aliphatic heterocycles. The van der Waals surface area contributed by atoms with Gasteiger partial charge < -0.3 is 10.4 Å². The van der Waals surface area contributed by atoms with Crippen molar-refractivity contribution in [1.29, 1.82) is 0 Å². The molecular weight excluding hydrogens is 329 g/mol. The Labute approximate surface area is 139 Å². The molecule has 1 aromatic heterocycles. The number of hydrogen-bond donors (Lipinski definition) is 2. The third-order valence-electron chi connectivity index (χ3n) is 3.53. The second-order valence-electron chi connectivity index (χ2n) is 5.12. The van der Waals surface area contributed by atoms with Crippen LogP contribution in [0.3, 0.4) is 0 Å². The van der Waals surface area contributed by atoms with Crippen LogP contribution in [0.5, 0.6) is 5.88 Å². The van der Waals surface area contributed by atoms with E-state index < -0.39 is 11.7 Å². The summed E-state index contributed by atoms with van der Waals surface area (Å²) in [5.74, 6) is -1.27. The second kappa shape index (κ2) is 5.54. The number of benzene rings is 2. The molecule has 0 fully saturated rings. The van der Waals surface area contributed by atoms with E-state index >= 15 is 0 Å². The SMILES string of the molecule is O=C1N=c2ccc(F)cc2=C1c1sc(Nc2ccccc2)nc1O. The number of nitrogens with zero attached hydrogens (tertiary/aromatic N) is 2. The fourth-order valence-corrected chi connectivity index (χ4v) is 3.41. The van der Waals surface area contributed by atoms with Gasteiger partial charge in [0.1, 0.15) is 10.7 Å². The van der Waals surface area contributed by atoms with Crippen molar-refractivity contribution >= 4 is 33.6 Å². The van der Waals surface area contributed by atoms with Crippen LogP contribution >= 0.6 is 11.3 Å². The zero-order valence-corrected chi connectivity index (χ0v) is 13.0. The second-order valence-corrected chi connectivity index (χ2v) is 6.12. The van der Waals surface area contributed by atoms with Crippen molar-refractivity contribution < 1.29 is 14.3 Å². The van der Waals surface area contributed by atoms with E-state index in [0.717, 1.165) is 17.0 Å². The number of aromatic hydroxyl groups is 1. The van der Waals surface area contributed by atoms with E-state index in [0.29, 0.717) is 15.7 Å². The van der Waals surface area contributed by atoms with Crippen LogP contribution in [-0.4, -0.2) is 16.0 Å². The summed E-state index contributed by atoms with van der Waals surface area (Å²) in [5, 5.41) is 14.4. The van der Waals surface area contributed by atoms with Gasteiger partial charge in [-0.05, 0) is 30.3 Å². The van der Waals surface area contributed by atoms with E-state index in [1.165, 1.54) is 18.2 Å². The predicted molar refractivity (Wildman–Crippen MR) is 88.2 cm³/mol. The lowest BCUT2D eigenvalue weighted by Gasteiger charge is -2.00. The van der Waals surface area contributed by atoms with Crippen molar-refractivity contribution in [3.63, 3.8) is 0 Å². The molecule has 1 aliphatic rings. The summed E-state index contributed by atoms with van der Waals surface area (Å²) in [5.41, 5.74) is 0.970. The molecule has 1 amide bonds. The Morgan fingerprint density at radius 1 is 1.12 bits per heavy atom. The standard InChI is InChI=1S/C17H10FN3O2S/c18-9-6-7-12-11(8-9)13(15(22)20-12)14-16(23)21-17(24-14)19-10-4-2-1-3-5-10/h1-8,23H,(H,19,21). The summed E-state index contributed by atoms with van der Waals surface area (Å²) >= 11 is 1.11. The number of aromatic nitrogens is 1. The zero-order chi connectivity index (χ0) is 16.7. The average Bonchev–Trinajstić information content (AvgIpc) is 3.07. The van der Waals surface area contributed by atoms with Crippen LogP contribution in [0.2, 0.25) is 0 Å². The molecule has 2 heterocycles. The van der Waals surface area contributed by atoms with E-state index in [9.17, 15) is 14.3 Å². The smallest absolute Gasteiger partial charge is 0.279 e. The fourth-order valence-electron chi connectivity index (χ4n) is 2.48. The Morgan fingerprint density at radius 2 is 1.92 bits per heavy atom. The number of amides is 1. The first-order valence-corrected chi connectivity index (χ1v) is 7.88. The number of halogens is 1. The summed E-state index contributed by atoms with van der Waals surface area (Å²) < 4.78 is 13.5. The first-order chi connectivity index (χ1) is 11.6. The summed E-state index contributed by atoms with van der Waals surface area (Å²) in [6.07, 6.45) is 0. The molecule has 0 spiro atoms. The number of nitrogens with one attached hydrogen (secondary N) is 1. The van der Waals surface area contributed by atoms with Crippen LogP contribution in [-0.2, 0) is 4.79 Å². The summed E-state index contributed by atoms with van der Waals surface area (Å²) in [6, 6.07) is 13.2. The molecule has 7 heteroatoms. The molecule has 2 N–H and O–H groups in total. The normalized spacial score (nSPS) is 12.9. The number of rotatable bonds is 3. The molecule has 2 aromatic carbocycles. The molecule has 24 heavy (non-hydrogen) atoms. The number of hydrogen-bond acceptors (Lipinski definition) is 5. The highest BCUT2D eigenvalue weighted by Gasteiger charge is 2.25. The van der Waals surface area contributed by atoms with Gasteiger partial charge >= 0.3 is 0 Å². The number of thiazole rings is 1. The van der Waals surface area contributed by atoms with Gasteiger partial charge in [-0.3, -0.25) is 4.79 Å². The first-order valence-electron chi connectivity index (χ1n) is 7.07. The summed E-state index contributed by atoms with van der Waals surface area (Å²) in [7, 11) is 0. The molecule has 118 valence electrons. The molecule has 3 aromatic rings. The minimum absolute atomic E-state index is 0.167. The van der Waals surface area contributed by atoms with E-state index in [-0.39, 0.29) is 16.3 Å². The van der Waals surface area contributed by atoms with Crippen molar-refractivity contribution in [3.8, 4) is 5.88 Å². The van der Waals surface area contributed by atoms with Crippen LogP contribution in [0.25, 0.3) is 5.57 Å². The Bertz CT molecular complexity index is 1080. The quantitative estimate of drug-likeness (QED) is 0.766. The van der Waals surface area contributed by atoms with Crippen LogP contribution < -0.4 is 15.9 Å². The van der Waals surface area contributed by atoms with E-state index in [4.69, 9.17) is 0 Å². The maximum Gasteiger partial charge on any atom is 0.279 e. The summed E-state index contributed by atoms with van der Waals surface area (Å²) in [4.78, 5) is 20.4. The summed E-state index contributed by atoms with van der Waals surface area (Å²) in [6.45, 7) is 0. The van der Waals surface area contributed by atoms with Crippen molar-refractivity contribution in [2.75, 3.05) is 5.32 Å². The highest BCUT2D eigenvalue weighted by atomic mass is 32.1. The molecule has 5 nitrogen and oxygen atoms in total. The van der Waals surface area contributed by atoms with E-state index in [1.807, 2.05) is 30.3 Å². The molecular formula is C17H10FN3O2S. The molecule has 0 radical (unpaired) electrons. The van der Waals surface area contributed by atoms with Crippen LogP contribution in [0, 0.1) is 5.82 Å². The Morgan fingerprint density at radius 3 is 2.71 bits per heavy atom. The van der Waals surface area contributed by atoms with Gasteiger partial charge in [-0.1, -0.05) is 29.5 Å². The minimum Gasteiger partial charge on any atom is -0.492 e. The highest BCUT2D eigenvalue weighted by molar-refractivity contribution is 7.17. The van der Waals surface area contributed by atoms with Gasteiger partial charge in [-0.15, -0.1) is 0 Å². The van der Waals surface area contributed by atoms with Gasteiger partial charge in [0, 0.05) is 10.9 Å². The van der Waals surface area contributed by atoms with Crippen molar-refractivity contribution in [2.24, 2.45) is 4.99 Å². The molecule has 0 saturated heterocycles. The topological polar surface area (TPSA) is 74.6 Å². The Balaban J connectivity index is 1.82. The number of carbonyl (C=O) groups excluding carboxylic acids is 1. The minimum atomic E-state index is -0.513. The zero-order valence-electron chi connectivity index (χ0n) is 12.2. The monoisotopic (exact) mass is 339 g/mol. The predicted octanol–water partition coefficient (Wildman–Crippen LogP) is 2.09. The lowest BCUT2D eigenvalue weighted by molar-refractivity contribution is -0.112. The van der Waals surface area contributed by atoms with Crippen LogP contribution in [0.1, 0.15) is 4.88 Å². The van der Waals surface area contributed by atoms with Crippen molar-refractivity contribution in [2.45, 2.75) is 0 Å². The largest absolute Gasteiger partial charge is 0.492 e. The van der Waals surface area contributed by atoms with E-state index in [2.05, 4.69) is 15.3 Å². The molecule has 0 bridgehead atoms. The lowest BCUT2D eigenvalue weighted by Crippen LogP contribution is -2.23. The van der Waals surface area contributed by atoms with Gasteiger partial charge in [-0.2, -0.15) is 4.98 Å². The number of fused-ring (bicyclic) bond motifs is 1. The van der Waals surface area contributed by atoms with Gasteiger partial charge in [0.05, 0.1) is 10.9 Å². The Kier molecular flexibility index (Phi) is 3.35. The first kappa shape index (κ1) is 14.5. The number of para-hydroxylation sites is 1. The maximum atomic E-state index is 13.5. The molecule has 0 saturated carbocycles. The van der Waals surface area contributed by atoms with Crippen LogP contribution in [0.15, 0.2) is 53.5 Å². The molecule has 0 atom stereocenters. The molecule has 0 aliphatic carbocycles. The third-order valence-corrected chi connectivity index (χ3v) is 4.50. The number of carbonyl (C=O) groups is 1. The van der Waals surface area contributed by atoms with Gasteiger partial charge in [0.25, 0.3) is 5.91 Å². The van der Waals surface area contributed by atoms with Crippen molar-refractivity contribution in [3.05, 3.63) is 69.8 Å². The van der Waals surface area contributed by atoms with Gasteiger partial charge in [0.15, 0.2) is 5.13 Å². The highest BCUT2D eigenvalue weighted by Crippen LogP contribution is 2.35. The number of anilines is 2. The lowest BCUT2D eigenvalue weighted by atomic mass is 10.1. The third kappa shape index (κ3) is 2.44. The Hall–Kier alpha value is -3.06. The molecule has 0 unspecified atom stereocenters. The fraction of sp³-hybridized carbons (Fsp3) is 0. The van der Waals surface area contributed by atoms with Crippen LogP contribution in [0.4, 0.5) is 15.2 Å². The van der Waals surface area contributed by atoms with Gasteiger partial charge in [-0.25, -0.2) is 9.38 Å². The maximum absolute atomic E-state index is 13.5. The van der Waals surface area contributed by atoms with Crippen molar-refractivity contribution in [1.82, 2.24) is 4.98 Å². The molecule has 4 rings (SSSR count).